The van der Waals surface area contributed by atoms with Gasteiger partial charge in [0.05, 0.1) is 5.03 Å². The summed E-state index contributed by atoms with van der Waals surface area (Å²) in [6, 6.07) is 0. The number of carbonyl (C=O) groups is 1. The Morgan fingerprint density at radius 3 is 1.60 bits per heavy atom. The second-order valence-electron chi connectivity index (χ2n) is 2.68. The van der Waals surface area contributed by atoms with Crippen LogP contribution in [0.2, 0.25) is 0 Å². The van der Waals surface area contributed by atoms with Crippen molar-refractivity contribution in [1.29, 1.82) is 0 Å². The molecule has 1 nitrogen and oxygen atoms in total. The van der Waals surface area contributed by atoms with Gasteiger partial charge in [0.2, 0.25) is 10.1 Å². The maximum atomic E-state index is 11.5. The number of halogens is 8. The van der Waals surface area contributed by atoms with Gasteiger partial charge in [-0.3, -0.25) is 4.79 Å². The Hall–Kier alpha value is 1.73. The predicted octanol–water partition coefficient (Wildman–Crippen LogP) is 4.78. The number of rotatable bonds is 0. The monoisotopic (exact) mass is 368 g/mol. The van der Waals surface area contributed by atoms with Crippen LogP contribution in [-0.4, -0.2) is 18.8 Å². The van der Waals surface area contributed by atoms with Crippen LogP contribution in [-0.2, 0) is 4.79 Å². The molecule has 9 heteroatoms. The Kier molecular flexibility index (Phi) is 4.08. The highest BCUT2D eigenvalue weighted by atomic mass is 35.5. The number of allylic oxidation sites excluding steroid dienone is 2. The van der Waals surface area contributed by atoms with Gasteiger partial charge in [-0.05, 0) is 0 Å². The molecular formula is C6Cl8O. The number of hydrogen-bond donors (Lipinski definition) is 0. The van der Waals surface area contributed by atoms with E-state index >= 15 is 0 Å². The molecule has 0 atom stereocenters. The van der Waals surface area contributed by atoms with Gasteiger partial charge in [-0.2, -0.15) is 0 Å². The first-order valence-corrected chi connectivity index (χ1v) is 6.24. The molecule has 0 radical (unpaired) electrons. The molecule has 1 rings (SSSR count). The van der Waals surface area contributed by atoms with Crippen molar-refractivity contribution in [3.63, 3.8) is 0 Å². The maximum absolute atomic E-state index is 11.5. The van der Waals surface area contributed by atoms with Gasteiger partial charge in [0.15, 0.2) is 8.67 Å². The van der Waals surface area contributed by atoms with Crippen LogP contribution in [0.3, 0.4) is 0 Å². The van der Waals surface area contributed by atoms with Crippen molar-refractivity contribution in [2.45, 2.75) is 13.0 Å². The summed E-state index contributed by atoms with van der Waals surface area (Å²) >= 11 is 45.6. The van der Waals surface area contributed by atoms with Crippen molar-refractivity contribution in [2.75, 3.05) is 0 Å². The Morgan fingerprint density at radius 2 is 1.20 bits per heavy atom. The fourth-order valence-corrected chi connectivity index (χ4v) is 3.15. The quantitative estimate of drug-likeness (QED) is 0.560. The molecule has 0 saturated carbocycles. The number of Topliss-reactive ketones (excluding diaryl/α,β-unsaturated/α-hetero) is 1. The molecule has 0 spiro atoms. The average molecular weight is 372 g/mol. The van der Waals surface area contributed by atoms with E-state index in [-0.39, 0.29) is 0 Å². The second kappa shape index (κ2) is 4.13. The van der Waals surface area contributed by atoms with E-state index in [1.54, 1.807) is 0 Å². The molecule has 0 N–H and O–H groups in total. The van der Waals surface area contributed by atoms with Crippen LogP contribution in [0.15, 0.2) is 10.1 Å². The topological polar surface area (TPSA) is 17.1 Å². The Bertz CT molecular complexity index is 354. The lowest BCUT2D eigenvalue weighted by Gasteiger charge is -2.43. The molecule has 0 fully saturated rings. The summed E-state index contributed by atoms with van der Waals surface area (Å²) in [6.07, 6.45) is 0. The normalized spacial score (nSPS) is 28.1. The molecular weight excluding hydrogens is 372 g/mol. The first-order chi connectivity index (χ1) is 6.48. The predicted molar refractivity (Wildman–Crippen MR) is 67.1 cm³/mol. The molecule has 0 amide bonds. The van der Waals surface area contributed by atoms with E-state index in [1.807, 2.05) is 0 Å². The molecule has 0 aromatic rings. The highest BCUT2D eigenvalue weighted by Crippen LogP contribution is 2.62. The van der Waals surface area contributed by atoms with Crippen LogP contribution in [0.5, 0.6) is 0 Å². The molecule has 0 aromatic carbocycles. The summed E-state index contributed by atoms with van der Waals surface area (Å²) in [6.45, 7) is 0. The highest BCUT2D eigenvalue weighted by Gasteiger charge is 2.69. The van der Waals surface area contributed by atoms with Gasteiger partial charge in [0, 0.05) is 0 Å². The smallest absolute Gasteiger partial charge is 0.217 e. The molecule has 0 aliphatic heterocycles. The molecule has 0 aromatic heterocycles. The van der Waals surface area contributed by atoms with Gasteiger partial charge in [-0.15, -0.1) is 0 Å². The molecule has 0 heterocycles. The van der Waals surface area contributed by atoms with Crippen LogP contribution in [0, 0.1) is 0 Å². The number of ketones is 1. The lowest BCUT2D eigenvalue weighted by atomic mass is 10.0. The van der Waals surface area contributed by atoms with E-state index in [0.717, 1.165) is 0 Å². The van der Waals surface area contributed by atoms with Gasteiger partial charge in [-0.1, -0.05) is 92.8 Å². The second-order valence-corrected chi connectivity index (χ2v) is 7.42. The minimum atomic E-state index is -2.28. The zero-order valence-corrected chi connectivity index (χ0v) is 12.5. The van der Waals surface area contributed by atoms with Crippen molar-refractivity contribution in [3.05, 3.63) is 10.1 Å². The standard InChI is InChI=1S/C6Cl8O/c7-1-2(8)4(9,10)6(13,14)5(11,12)3(1)15. The van der Waals surface area contributed by atoms with Gasteiger partial charge in [-0.25, -0.2) is 0 Å². The van der Waals surface area contributed by atoms with Gasteiger partial charge in [0.25, 0.3) is 0 Å². The van der Waals surface area contributed by atoms with E-state index in [9.17, 15) is 4.79 Å². The third-order valence-electron chi connectivity index (χ3n) is 1.74. The summed E-state index contributed by atoms with van der Waals surface area (Å²) in [7, 11) is 0. The minimum Gasteiger partial charge on any atom is -0.290 e. The summed E-state index contributed by atoms with van der Waals surface area (Å²) in [5, 5.41) is -0.914. The fourth-order valence-electron chi connectivity index (χ4n) is 0.853. The molecule has 15 heavy (non-hydrogen) atoms. The average Bonchev–Trinajstić information content (AvgIpc) is 2.12. The van der Waals surface area contributed by atoms with Crippen molar-refractivity contribution in [2.24, 2.45) is 0 Å². The minimum absolute atomic E-state index is 0.417. The molecule has 1 aliphatic carbocycles. The van der Waals surface area contributed by atoms with Crippen molar-refractivity contribution < 1.29 is 4.79 Å². The van der Waals surface area contributed by atoms with Gasteiger partial charge >= 0.3 is 0 Å². The SMILES string of the molecule is O=C1C(Cl)=C(Cl)C(Cl)(Cl)C(Cl)(Cl)C1(Cl)Cl. The van der Waals surface area contributed by atoms with Crippen molar-refractivity contribution in [1.82, 2.24) is 0 Å². The first-order valence-electron chi connectivity index (χ1n) is 3.22. The van der Waals surface area contributed by atoms with Crippen LogP contribution in [0.1, 0.15) is 0 Å². The molecule has 0 unspecified atom stereocenters. The van der Waals surface area contributed by atoms with E-state index in [4.69, 9.17) is 92.8 Å². The maximum Gasteiger partial charge on any atom is 0.217 e. The summed E-state index contributed by atoms with van der Waals surface area (Å²) in [5.74, 6) is -0.959. The van der Waals surface area contributed by atoms with Gasteiger partial charge < -0.3 is 0 Å². The lowest BCUT2D eigenvalue weighted by molar-refractivity contribution is -0.116. The third kappa shape index (κ3) is 1.88. The third-order valence-corrected chi connectivity index (χ3v) is 6.63. The molecule has 0 bridgehead atoms. The van der Waals surface area contributed by atoms with Gasteiger partial charge in [0.1, 0.15) is 5.03 Å². The fraction of sp³-hybridized carbons (Fsp3) is 0.500. The van der Waals surface area contributed by atoms with E-state index < -0.39 is 28.8 Å². The largest absolute Gasteiger partial charge is 0.290 e. The van der Waals surface area contributed by atoms with E-state index in [0.29, 0.717) is 0 Å². The van der Waals surface area contributed by atoms with Crippen LogP contribution >= 0.6 is 92.8 Å². The summed E-state index contributed by atoms with van der Waals surface area (Å²) in [5.41, 5.74) is 0. The lowest BCUT2D eigenvalue weighted by Crippen LogP contribution is -2.57. The van der Waals surface area contributed by atoms with E-state index in [1.165, 1.54) is 0 Å². The zero-order valence-electron chi connectivity index (χ0n) is 6.43. The summed E-state index contributed by atoms with van der Waals surface area (Å²) < 4.78 is -6.58. The zero-order chi connectivity index (χ0) is 12.2. The Labute approximate surface area is 125 Å². The molecule has 0 saturated heterocycles. The number of alkyl halides is 6. The van der Waals surface area contributed by atoms with E-state index in [2.05, 4.69) is 0 Å². The van der Waals surface area contributed by atoms with Crippen molar-refractivity contribution >= 4 is 98.6 Å². The first kappa shape index (κ1) is 14.8. The van der Waals surface area contributed by atoms with Crippen LogP contribution < -0.4 is 0 Å². The van der Waals surface area contributed by atoms with Crippen molar-refractivity contribution in [3.8, 4) is 0 Å². The number of hydrogen-bond acceptors (Lipinski definition) is 1. The summed E-state index contributed by atoms with van der Waals surface area (Å²) in [4.78, 5) is 11.5. The Balaban J connectivity index is 3.56. The van der Waals surface area contributed by atoms with Crippen LogP contribution in [0.4, 0.5) is 0 Å². The highest BCUT2D eigenvalue weighted by molar-refractivity contribution is 6.79. The van der Waals surface area contributed by atoms with Crippen LogP contribution in [0.25, 0.3) is 0 Å². The molecule has 86 valence electrons. The number of carbonyl (C=O) groups excluding carboxylic acids is 1. The molecule has 1 aliphatic rings. The Morgan fingerprint density at radius 1 is 0.800 bits per heavy atom.